The maximum Gasteiger partial charge on any atom is 0.0128 e. The Morgan fingerprint density at radius 2 is 1.83 bits per heavy atom. The van der Waals surface area contributed by atoms with Crippen LogP contribution in [0.3, 0.4) is 0 Å². The minimum atomic E-state index is 1.06. The molecule has 1 aromatic rings. The maximum atomic E-state index is 4.16. The zero-order valence-electron chi connectivity index (χ0n) is 11.3. The van der Waals surface area contributed by atoms with Gasteiger partial charge in [0.1, 0.15) is 0 Å². The summed E-state index contributed by atoms with van der Waals surface area (Å²) in [4.78, 5) is 0. The monoisotopic (exact) mass is 235 g/mol. The summed E-state index contributed by atoms with van der Waals surface area (Å²) in [6.07, 6.45) is 10.6. The average molecular weight is 235 g/mol. The predicted molar refractivity (Wildman–Crippen MR) is 80.2 cm³/mol. The van der Waals surface area contributed by atoms with Crippen LogP contribution in [0.1, 0.15) is 23.6 Å². The molecule has 1 aliphatic carbocycles. The van der Waals surface area contributed by atoms with E-state index in [4.69, 9.17) is 0 Å². The standard InChI is InChI=1S/C18H19/c1-13-5-8-17(9-6-13)11-16(4)18-10-7-14(2)15(3)12-18/h5-12H,4H2,1-3H3. The van der Waals surface area contributed by atoms with E-state index >= 15 is 0 Å². The van der Waals surface area contributed by atoms with Gasteiger partial charge in [0, 0.05) is 6.42 Å². The molecule has 0 atom stereocenters. The van der Waals surface area contributed by atoms with E-state index in [1.807, 2.05) is 0 Å². The first-order valence-electron chi connectivity index (χ1n) is 6.24. The molecule has 0 heterocycles. The third-order valence-electron chi connectivity index (χ3n) is 3.30. The lowest BCUT2D eigenvalue weighted by molar-refractivity contribution is 1.33. The molecule has 18 heavy (non-hydrogen) atoms. The number of hydrogen-bond donors (Lipinski definition) is 0. The second kappa shape index (κ2) is 5.22. The summed E-state index contributed by atoms with van der Waals surface area (Å²) in [7, 11) is 0. The van der Waals surface area contributed by atoms with Crippen LogP contribution >= 0.6 is 0 Å². The average Bonchev–Trinajstić information content (AvgIpc) is 2.35. The van der Waals surface area contributed by atoms with Crippen LogP contribution in [-0.2, 0) is 0 Å². The SMILES string of the molecule is C=C(/C=C1\[CH]C=C(C)C=C1)c1ccc(C)c(C)c1. The Kier molecular flexibility index (Phi) is 3.66. The highest BCUT2D eigenvalue weighted by Gasteiger charge is 2.02. The summed E-state index contributed by atoms with van der Waals surface area (Å²) in [5.74, 6) is 0. The Hall–Kier alpha value is -1.82. The lowest BCUT2D eigenvalue weighted by atomic mass is 9.97. The van der Waals surface area contributed by atoms with Crippen LogP contribution in [0.4, 0.5) is 0 Å². The fourth-order valence-electron chi connectivity index (χ4n) is 1.89. The lowest BCUT2D eigenvalue weighted by Gasteiger charge is -2.08. The van der Waals surface area contributed by atoms with Gasteiger partial charge >= 0.3 is 0 Å². The van der Waals surface area contributed by atoms with Crippen molar-refractivity contribution in [3.05, 3.63) is 83.3 Å². The normalized spacial score (nSPS) is 16.8. The molecule has 0 aliphatic heterocycles. The Morgan fingerprint density at radius 3 is 2.44 bits per heavy atom. The first kappa shape index (κ1) is 12.6. The highest BCUT2D eigenvalue weighted by atomic mass is 14.1. The summed E-state index contributed by atoms with van der Waals surface area (Å²) in [6, 6.07) is 6.48. The molecule has 0 aromatic heterocycles. The van der Waals surface area contributed by atoms with Crippen molar-refractivity contribution in [2.45, 2.75) is 20.8 Å². The van der Waals surface area contributed by atoms with Crippen molar-refractivity contribution in [2.24, 2.45) is 0 Å². The van der Waals surface area contributed by atoms with E-state index in [1.165, 1.54) is 27.8 Å². The number of rotatable bonds is 2. The van der Waals surface area contributed by atoms with Crippen LogP contribution in [0.2, 0.25) is 0 Å². The van der Waals surface area contributed by atoms with Gasteiger partial charge in [0.15, 0.2) is 0 Å². The minimum absolute atomic E-state index is 1.06. The Labute approximate surface area is 110 Å². The van der Waals surface area contributed by atoms with E-state index in [9.17, 15) is 0 Å². The molecule has 1 aromatic carbocycles. The van der Waals surface area contributed by atoms with Crippen LogP contribution in [0, 0.1) is 20.3 Å². The molecule has 2 rings (SSSR count). The van der Waals surface area contributed by atoms with Crippen LogP contribution in [0.15, 0.2) is 60.2 Å². The number of allylic oxidation sites excluding steroid dienone is 7. The van der Waals surface area contributed by atoms with Crippen molar-refractivity contribution in [1.82, 2.24) is 0 Å². The van der Waals surface area contributed by atoms with Gasteiger partial charge in [0.2, 0.25) is 0 Å². The van der Waals surface area contributed by atoms with Crippen molar-refractivity contribution in [1.29, 1.82) is 0 Å². The van der Waals surface area contributed by atoms with Crippen LogP contribution in [0.25, 0.3) is 5.57 Å². The quantitative estimate of drug-likeness (QED) is 0.679. The number of aryl methyl sites for hydroxylation is 2. The Balaban J connectivity index is 2.20. The predicted octanol–water partition coefficient (Wildman–Crippen LogP) is 4.96. The van der Waals surface area contributed by atoms with Crippen LogP contribution < -0.4 is 0 Å². The van der Waals surface area contributed by atoms with Crippen LogP contribution in [-0.4, -0.2) is 0 Å². The summed E-state index contributed by atoms with van der Waals surface area (Å²) in [5, 5.41) is 0. The van der Waals surface area contributed by atoms with E-state index in [-0.39, 0.29) is 0 Å². The first-order valence-corrected chi connectivity index (χ1v) is 6.24. The smallest absolute Gasteiger partial charge is 0.0128 e. The molecule has 0 spiro atoms. The lowest BCUT2D eigenvalue weighted by Crippen LogP contribution is -1.89. The second-order valence-corrected chi connectivity index (χ2v) is 4.88. The molecule has 0 bridgehead atoms. The summed E-state index contributed by atoms with van der Waals surface area (Å²) in [6.45, 7) is 10.5. The molecule has 1 radical (unpaired) electrons. The molecule has 0 saturated heterocycles. The van der Waals surface area contributed by atoms with E-state index in [0.29, 0.717) is 0 Å². The van der Waals surface area contributed by atoms with Gasteiger partial charge in [0.05, 0.1) is 0 Å². The van der Waals surface area contributed by atoms with Crippen molar-refractivity contribution < 1.29 is 0 Å². The molecule has 0 N–H and O–H groups in total. The summed E-state index contributed by atoms with van der Waals surface area (Å²) < 4.78 is 0. The largest absolute Gasteiger partial charge is 0.0911 e. The van der Waals surface area contributed by atoms with Crippen molar-refractivity contribution in [2.75, 3.05) is 0 Å². The van der Waals surface area contributed by atoms with E-state index in [2.05, 4.69) is 76.3 Å². The molecule has 0 heteroatoms. The Bertz CT molecular complexity index is 566. The van der Waals surface area contributed by atoms with Gasteiger partial charge in [-0.2, -0.15) is 0 Å². The topological polar surface area (TPSA) is 0 Å². The van der Waals surface area contributed by atoms with Gasteiger partial charge in [-0.15, -0.1) is 0 Å². The van der Waals surface area contributed by atoms with Gasteiger partial charge in [-0.1, -0.05) is 54.7 Å². The van der Waals surface area contributed by atoms with Crippen LogP contribution in [0.5, 0.6) is 0 Å². The molecule has 0 saturated carbocycles. The molecular formula is C18H19. The number of benzene rings is 1. The van der Waals surface area contributed by atoms with Crippen molar-refractivity contribution >= 4 is 5.57 Å². The maximum absolute atomic E-state index is 4.16. The molecule has 0 unspecified atom stereocenters. The van der Waals surface area contributed by atoms with E-state index < -0.39 is 0 Å². The minimum Gasteiger partial charge on any atom is -0.0911 e. The summed E-state index contributed by atoms with van der Waals surface area (Å²) in [5.41, 5.74) is 7.36. The molecule has 0 nitrogen and oxygen atoms in total. The third kappa shape index (κ3) is 2.89. The molecular weight excluding hydrogens is 216 g/mol. The highest BCUT2D eigenvalue weighted by Crippen LogP contribution is 2.22. The van der Waals surface area contributed by atoms with Crippen molar-refractivity contribution in [3.8, 4) is 0 Å². The zero-order chi connectivity index (χ0) is 13.1. The third-order valence-corrected chi connectivity index (χ3v) is 3.30. The fraction of sp³-hybridized carbons (Fsp3) is 0.167. The number of hydrogen-bond acceptors (Lipinski definition) is 0. The van der Waals surface area contributed by atoms with Gasteiger partial charge in [-0.3, -0.25) is 0 Å². The van der Waals surface area contributed by atoms with Gasteiger partial charge in [-0.25, -0.2) is 0 Å². The highest BCUT2D eigenvalue weighted by molar-refractivity contribution is 5.75. The van der Waals surface area contributed by atoms with E-state index in [1.54, 1.807) is 0 Å². The molecule has 0 amide bonds. The fourth-order valence-corrected chi connectivity index (χ4v) is 1.89. The zero-order valence-corrected chi connectivity index (χ0v) is 11.3. The second-order valence-electron chi connectivity index (χ2n) is 4.88. The van der Waals surface area contributed by atoms with Crippen molar-refractivity contribution in [3.63, 3.8) is 0 Å². The van der Waals surface area contributed by atoms with Gasteiger partial charge in [-0.05, 0) is 48.6 Å². The first-order chi connectivity index (χ1) is 8.56. The van der Waals surface area contributed by atoms with E-state index in [0.717, 1.165) is 5.57 Å². The molecule has 91 valence electrons. The summed E-state index contributed by atoms with van der Waals surface area (Å²) >= 11 is 0. The van der Waals surface area contributed by atoms with Gasteiger partial charge in [0.25, 0.3) is 0 Å². The molecule has 1 aliphatic rings. The van der Waals surface area contributed by atoms with Gasteiger partial charge < -0.3 is 0 Å². The molecule has 0 fully saturated rings. The Morgan fingerprint density at radius 1 is 1.06 bits per heavy atom.